The summed E-state index contributed by atoms with van der Waals surface area (Å²) in [5.74, 6) is 0.462. The standard InChI is InChI=1S/C22H34Cl2O2/c1-3-5-7-8-21(25)16-9-11-17(12-10-16)22-18(15-26-13-6-4-2)19(23)14-20(22)24/h9-12,18-22,25H,3-8,13-15H2,1-2H3. The van der Waals surface area contributed by atoms with Gasteiger partial charge in [0.1, 0.15) is 0 Å². The van der Waals surface area contributed by atoms with E-state index in [4.69, 9.17) is 27.9 Å². The first kappa shape index (κ1) is 22.0. The van der Waals surface area contributed by atoms with Crippen LogP contribution in [0.3, 0.4) is 0 Å². The zero-order valence-electron chi connectivity index (χ0n) is 16.2. The van der Waals surface area contributed by atoms with Crippen LogP contribution in [0.15, 0.2) is 24.3 Å². The maximum atomic E-state index is 10.3. The first-order chi connectivity index (χ1) is 12.6. The third-order valence-electron chi connectivity index (χ3n) is 5.51. The van der Waals surface area contributed by atoms with Crippen LogP contribution in [0.2, 0.25) is 0 Å². The molecular formula is C22H34Cl2O2. The minimum absolute atomic E-state index is 0.0394. The molecule has 4 heteroatoms. The fourth-order valence-electron chi connectivity index (χ4n) is 3.85. The van der Waals surface area contributed by atoms with Crippen LogP contribution < -0.4 is 0 Å². The number of rotatable bonds is 11. The largest absolute Gasteiger partial charge is 0.388 e. The van der Waals surface area contributed by atoms with E-state index in [1.54, 1.807) is 0 Å². The molecule has 5 unspecified atom stereocenters. The number of hydrogen-bond donors (Lipinski definition) is 1. The fourth-order valence-corrected chi connectivity index (χ4v) is 4.89. The Morgan fingerprint density at radius 1 is 1.04 bits per heavy atom. The van der Waals surface area contributed by atoms with E-state index in [2.05, 4.69) is 26.0 Å². The summed E-state index contributed by atoms with van der Waals surface area (Å²) in [5, 5.41) is 10.4. The molecule has 0 aliphatic heterocycles. The van der Waals surface area contributed by atoms with Gasteiger partial charge in [0.2, 0.25) is 0 Å². The fraction of sp³-hybridized carbons (Fsp3) is 0.727. The normalized spacial score (nSPS) is 27.0. The van der Waals surface area contributed by atoms with Gasteiger partial charge in [0.25, 0.3) is 0 Å². The third-order valence-corrected chi connectivity index (χ3v) is 6.46. The lowest BCUT2D eigenvalue weighted by Crippen LogP contribution is -2.22. The van der Waals surface area contributed by atoms with E-state index in [1.807, 2.05) is 12.1 Å². The van der Waals surface area contributed by atoms with Crippen molar-refractivity contribution in [2.24, 2.45) is 5.92 Å². The Bertz CT molecular complexity index is 505. The Morgan fingerprint density at radius 3 is 2.38 bits per heavy atom. The molecular weight excluding hydrogens is 367 g/mol. The monoisotopic (exact) mass is 400 g/mol. The van der Waals surface area contributed by atoms with Gasteiger partial charge in [-0.05, 0) is 30.4 Å². The van der Waals surface area contributed by atoms with Gasteiger partial charge in [-0.3, -0.25) is 0 Å². The summed E-state index contributed by atoms with van der Waals surface area (Å²) in [5.41, 5.74) is 2.20. The molecule has 148 valence electrons. The zero-order chi connectivity index (χ0) is 18.9. The predicted octanol–water partition coefficient (Wildman–Crippen LogP) is 6.44. The number of aliphatic hydroxyl groups is 1. The van der Waals surface area contributed by atoms with E-state index in [9.17, 15) is 5.11 Å². The molecule has 1 aliphatic rings. The van der Waals surface area contributed by atoms with Crippen LogP contribution in [0.4, 0.5) is 0 Å². The van der Waals surface area contributed by atoms with Crippen molar-refractivity contribution < 1.29 is 9.84 Å². The molecule has 0 spiro atoms. The molecule has 0 heterocycles. The molecule has 2 rings (SSSR count). The number of unbranched alkanes of at least 4 members (excludes halogenated alkanes) is 3. The average molecular weight is 401 g/mol. The molecule has 1 saturated carbocycles. The van der Waals surface area contributed by atoms with Crippen molar-refractivity contribution in [2.75, 3.05) is 13.2 Å². The molecule has 2 nitrogen and oxygen atoms in total. The van der Waals surface area contributed by atoms with Crippen LogP contribution in [0, 0.1) is 5.92 Å². The Labute approximate surface area is 169 Å². The van der Waals surface area contributed by atoms with Crippen LogP contribution in [-0.2, 0) is 4.74 Å². The molecule has 0 bridgehead atoms. The topological polar surface area (TPSA) is 29.5 Å². The van der Waals surface area contributed by atoms with Crippen LogP contribution in [0.25, 0.3) is 0 Å². The highest BCUT2D eigenvalue weighted by Crippen LogP contribution is 2.45. The molecule has 0 amide bonds. The van der Waals surface area contributed by atoms with Crippen molar-refractivity contribution >= 4 is 23.2 Å². The summed E-state index contributed by atoms with van der Waals surface area (Å²) in [6.45, 7) is 5.81. The van der Waals surface area contributed by atoms with E-state index in [0.717, 1.165) is 44.3 Å². The Morgan fingerprint density at radius 2 is 1.73 bits per heavy atom. The average Bonchev–Trinajstić information content (AvgIpc) is 2.92. The Balaban J connectivity index is 2.00. The number of alkyl halides is 2. The molecule has 0 radical (unpaired) electrons. The smallest absolute Gasteiger partial charge is 0.0790 e. The maximum Gasteiger partial charge on any atom is 0.0790 e. The van der Waals surface area contributed by atoms with E-state index < -0.39 is 0 Å². The van der Waals surface area contributed by atoms with E-state index >= 15 is 0 Å². The van der Waals surface area contributed by atoms with Crippen molar-refractivity contribution in [3.05, 3.63) is 35.4 Å². The second-order valence-corrected chi connectivity index (χ2v) is 8.69. The lowest BCUT2D eigenvalue weighted by atomic mass is 9.88. The summed E-state index contributed by atoms with van der Waals surface area (Å²) >= 11 is 13.2. The maximum absolute atomic E-state index is 10.3. The highest BCUT2D eigenvalue weighted by atomic mass is 35.5. The molecule has 1 aromatic carbocycles. The van der Waals surface area contributed by atoms with Crippen molar-refractivity contribution in [1.29, 1.82) is 0 Å². The summed E-state index contributed by atoms with van der Waals surface area (Å²) in [6, 6.07) is 8.33. The number of aliphatic hydroxyl groups excluding tert-OH is 1. The number of ether oxygens (including phenoxy) is 1. The Kier molecular flexibility index (Phi) is 9.77. The number of hydrogen-bond acceptors (Lipinski definition) is 2. The van der Waals surface area contributed by atoms with E-state index in [1.165, 1.54) is 18.4 Å². The van der Waals surface area contributed by atoms with Crippen molar-refractivity contribution in [1.82, 2.24) is 0 Å². The van der Waals surface area contributed by atoms with Crippen LogP contribution in [-0.4, -0.2) is 29.1 Å². The lowest BCUT2D eigenvalue weighted by molar-refractivity contribution is 0.0946. The van der Waals surface area contributed by atoms with E-state index in [-0.39, 0.29) is 28.7 Å². The van der Waals surface area contributed by atoms with Gasteiger partial charge in [-0.2, -0.15) is 0 Å². The second-order valence-electron chi connectivity index (χ2n) is 7.56. The zero-order valence-corrected chi connectivity index (χ0v) is 17.7. The van der Waals surface area contributed by atoms with Crippen molar-refractivity contribution in [3.8, 4) is 0 Å². The number of halogens is 2. The molecule has 0 aromatic heterocycles. The first-order valence-corrected chi connectivity index (χ1v) is 11.1. The molecule has 0 saturated heterocycles. The van der Waals surface area contributed by atoms with Gasteiger partial charge in [-0.15, -0.1) is 23.2 Å². The van der Waals surface area contributed by atoms with Gasteiger partial charge in [0.05, 0.1) is 12.7 Å². The van der Waals surface area contributed by atoms with Crippen LogP contribution >= 0.6 is 23.2 Å². The highest BCUT2D eigenvalue weighted by Gasteiger charge is 2.42. The molecule has 26 heavy (non-hydrogen) atoms. The third kappa shape index (κ3) is 6.12. The van der Waals surface area contributed by atoms with E-state index in [0.29, 0.717) is 6.61 Å². The van der Waals surface area contributed by atoms with Crippen molar-refractivity contribution in [3.63, 3.8) is 0 Å². The summed E-state index contributed by atoms with van der Waals surface area (Å²) in [4.78, 5) is 0. The molecule has 1 N–H and O–H groups in total. The van der Waals surface area contributed by atoms with Gasteiger partial charge in [0, 0.05) is 29.2 Å². The van der Waals surface area contributed by atoms with Crippen LogP contribution in [0.5, 0.6) is 0 Å². The Hall–Kier alpha value is -0.280. The first-order valence-electron chi connectivity index (χ1n) is 10.2. The predicted molar refractivity (Wildman–Crippen MR) is 111 cm³/mol. The number of benzene rings is 1. The molecule has 1 aromatic rings. The van der Waals surface area contributed by atoms with Gasteiger partial charge < -0.3 is 9.84 Å². The van der Waals surface area contributed by atoms with Crippen molar-refractivity contribution in [2.45, 2.75) is 81.6 Å². The SMILES string of the molecule is CCCCCC(O)c1ccc(C2C(Cl)CC(Cl)C2COCCCC)cc1. The second kappa shape index (κ2) is 11.5. The lowest BCUT2D eigenvalue weighted by Gasteiger charge is -2.24. The molecule has 1 fully saturated rings. The molecule has 5 atom stereocenters. The highest BCUT2D eigenvalue weighted by molar-refractivity contribution is 6.25. The quantitative estimate of drug-likeness (QED) is 0.342. The van der Waals surface area contributed by atoms with Gasteiger partial charge >= 0.3 is 0 Å². The van der Waals surface area contributed by atoms with Crippen LogP contribution in [0.1, 0.15) is 81.9 Å². The van der Waals surface area contributed by atoms with Gasteiger partial charge in [-0.1, -0.05) is 63.8 Å². The van der Waals surface area contributed by atoms with Gasteiger partial charge in [0.15, 0.2) is 0 Å². The summed E-state index contributed by atoms with van der Waals surface area (Å²) in [7, 11) is 0. The summed E-state index contributed by atoms with van der Waals surface area (Å²) in [6.07, 6.45) is 6.89. The minimum atomic E-state index is -0.375. The summed E-state index contributed by atoms with van der Waals surface area (Å²) < 4.78 is 5.86. The molecule has 1 aliphatic carbocycles. The van der Waals surface area contributed by atoms with Gasteiger partial charge in [-0.25, -0.2) is 0 Å². The minimum Gasteiger partial charge on any atom is -0.388 e.